The molecule has 0 saturated carbocycles. The Bertz CT molecular complexity index is 766. The molecule has 0 N–H and O–H groups in total. The van der Waals surface area contributed by atoms with Gasteiger partial charge in [-0.1, -0.05) is 0 Å². The smallest absolute Gasteiger partial charge is 0.245 e. The molecule has 0 aliphatic carbocycles. The predicted octanol–water partition coefficient (Wildman–Crippen LogP) is 0.793. The standard InChI is InChI=1S/C12H14ClN7O/c1-19-7-16-8(18-19)5-20-9(3-4-13)17-10-11(20)14-6-15-12(10)21-2/h6-7H,3-5H2,1-2H3. The van der Waals surface area contributed by atoms with Crippen molar-refractivity contribution in [2.24, 2.45) is 7.05 Å². The minimum atomic E-state index is 0.448. The van der Waals surface area contributed by atoms with Crippen molar-refractivity contribution in [3.05, 3.63) is 24.3 Å². The van der Waals surface area contributed by atoms with Crippen molar-refractivity contribution in [3.63, 3.8) is 0 Å². The van der Waals surface area contributed by atoms with Crippen LogP contribution in [0.4, 0.5) is 0 Å². The molecule has 0 aromatic carbocycles. The minimum Gasteiger partial charge on any atom is -0.479 e. The van der Waals surface area contributed by atoms with E-state index in [4.69, 9.17) is 16.3 Å². The number of nitrogens with zero attached hydrogens (tertiary/aromatic N) is 7. The highest BCUT2D eigenvalue weighted by Gasteiger charge is 2.17. The van der Waals surface area contributed by atoms with E-state index in [1.807, 2.05) is 11.6 Å². The van der Waals surface area contributed by atoms with E-state index in [1.54, 1.807) is 18.1 Å². The van der Waals surface area contributed by atoms with Crippen LogP contribution in [0.1, 0.15) is 11.6 Å². The number of ether oxygens (including phenoxy) is 1. The molecule has 0 unspecified atom stereocenters. The summed E-state index contributed by atoms with van der Waals surface area (Å²) in [6.45, 7) is 0.476. The molecule has 0 radical (unpaired) electrons. The number of imidazole rings is 1. The van der Waals surface area contributed by atoms with E-state index in [9.17, 15) is 0 Å². The number of hydrogen-bond acceptors (Lipinski definition) is 6. The quantitative estimate of drug-likeness (QED) is 0.648. The fraction of sp³-hybridized carbons (Fsp3) is 0.417. The summed E-state index contributed by atoms with van der Waals surface area (Å²) in [7, 11) is 3.38. The maximum absolute atomic E-state index is 5.86. The Hall–Kier alpha value is -2.22. The first-order valence-corrected chi connectivity index (χ1v) is 6.91. The van der Waals surface area contributed by atoms with Gasteiger partial charge < -0.3 is 9.30 Å². The second kappa shape index (κ2) is 5.65. The number of rotatable bonds is 5. The summed E-state index contributed by atoms with van der Waals surface area (Å²) in [6.07, 6.45) is 3.73. The van der Waals surface area contributed by atoms with Crippen LogP contribution in [0.5, 0.6) is 5.88 Å². The summed E-state index contributed by atoms with van der Waals surface area (Å²) in [6, 6.07) is 0. The molecule has 3 heterocycles. The first-order chi connectivity index (χ1) is 10.2. The van der Waals surface area contributed by atoms with Crippen LogP contribution in [0.15, 0.2) is 12.7 Å². The summed E-state index contributed by atoms with van der Waals surface area (Å²) >= 11 is 5.86. The Balaban J connectivity index is 2.11. The number of aryl methyl sites for hydroxylation is 2. The first kappa shape index (κ1) is 13.7. The van der Waals surface area contributed by atoms with Crippen LogP contribution in [0.3, 0.4) is 0 Å². The topological polar surface area (TPSA) is 83.5 Å². The van der Waals surface area contributed by atoms with Gasteiger partial charge in [-0.15, -0.1) is 11.6 Å². The average molecular weight is 308 g/mol. The van der Waals surface area contributed by atoms with Crippen molar-refractivity contribution in [1.29, 1.82) is 0 Å². The highest BCUT2D eigenvalue weighted by Crippen LogP contribution is 2.22. The molecule has 0 bridgehead atoms. The Labute approximate surface area is 125 Å². The summed E-state index contributed by atoms with van der Waals surface area (Å²) in [5, 5.41) is 4.29. The number of fused-ring (bicyclic) bond motifs is 1. The Kier molecular flexibility index (Phi) is 3.70. The fourth-order valence-corrected chi connectivity index (χ4v) is 2.32. The molecular formula is C12H14ClN7O. The molecule has 0 spiro atoms. The number of halogens is 1. The zero-order valence-electron chi connectivity index (χ0n) is 11.7. The molecule has 0 amide bonds. The van der Waals surface area contributed by atoms with Crippen molar-refractivity contribution in [3.8, 4) is 5.88 Å². The SMILES string of the molecule is COc1ncnc2c1nc(CCCl)n2Cc1ncn(C)n1. The van der Waals surface area contributed by atoms with Crippen LogP contribution in [0, 0.1) is 0 Å². The molecule has 8 nitrogen and oxygen atoms in total. The van der Waals surface area contributed by atoms with Gasteiger partial charge in [0.2, 0.25) is 5.88 Å². The lowest BCUT2D eigenvalue weighted by atomic mass is 10.4. The molecule has 0 aliphatic heterocycles. The molecule has 0 fully saturated rings. The highest BCUT2D eigenvalue weighted by atomic mass is 35.5. The van der Waals surface area contributed by atoms with Crippen molar-refractivity contribution < 1.29 is 4.74 Å². The van der Waals surface area contributed by atoms with Crippen LogP contribution < -0.4 is 4.74 Å². The maximum atomic E-state index is 5.86. The highest BCUT2D eigenvalue weighted by molar-refractivity contribution is 6.17. The van der Waals surface area contributed by atoms with Crippen LogP contribution in [0.2, 0.25) is 0 Å². The minimum absolute atomic E-state index is 0.448. The van der Waals surface area contributed by atoms with Crippen molar-refractivity contribution in [1.82, 2.24) is 34.3 Å². The van der Waals surface area contributed by atoms with E-state index in [0.29, 0.717) is 41.7 Å². The molecule has 110 valence electrons. The molecule has 0 saturated heterocycles. The predicted molar refractivity (Wildman–Crippen MR) is 76.4 cm³/mol. The Morgan fingerprint density at radius 1 is 1.29 bits per heavy atom. The average Bonchev–Trinajstić information content (AvgIpc) is 3.04. The largest absolute Gasteiger partial charge is 0.479 e. The van der Waals surface area contributed by atoms with E-state index < -0.39 is 0 Å². The summed E-state index contributed by atoms with van der Waals surface area (Å²) in [5.41, 5.74) is 1.31. The second-order valence-corrected chi connectivity index (χ2v) is 4.82. The van der Waals surface area contributed by atoms with Gasteiger partial charge in [0.15, 0.2) is 17.0 Å². The molecule has 0 aliphatic rings. The molecule has 21 heavy (non-hydrogen) atoms. The number of aromatic nitrogens is 7. The van der Waals surface area contributed by atoms with Crippen LogP contribution >= 0.6 is 11.6 Å². The molecular weight excluding hydrogens is 294 g/mol. The van der Waals surface area contributed by atoms with Crippen LogP contribution in [-0.2, 0) is 20.0 Å². The Morgan fingerprint density at radius 3 is 2.81 bits per heavy atom. The van der Waals surface area contributed by atoms with E-state index in [2.05, 4.69) is 25.0 Å². The van der Waals surface area contributed by atoms with Crippen molar-refractivity contribution >= 4 is 22.8 Å². The van der Waals surface area contributed by atoms with Gasteiger partial charge in [0.25, 0.3) is 0 Å². The third kappa shape index (κ3) is 2.54. The maximum Gasteiger partial charge on any atom is 0.245 e. The summed E-state index contributed by atoms with van der Waals surface area (Å²) in [5.74, 6) is 2.41. The van der Waals surface area contributed by atoms with Crippen LogP contribution in [-0.4, -0.2) is 47.3 Å². The van der Waals surface area contributed by atoms with Gasteiger partial charge in [-0.2, -0.15) is 10.1 Å². The lowest BCUT2D eigenvalue weighted by molar-refractivity contribution is 0.401. The number of methoxy groups -OCH3 is 1. The zero-order valence-corrected chi connectivity index (χ0v) is 12.4. The van der Waals surface area contributed by atoms with E-state index in [1.165, 1.54) is 6.33 Å². The monoisotopic (exact) mass is 307 g/mol. The van der Waals surface area contributed by atoms with E-state index in [0.717, 1.165) is 5.82 Å². The summed E-state index contributed by atoms with van der Waals surface area (Å²) < 4.78 is 8.83. The van der Waals surface area contributed by atoms with Gasteiger partial charge in [0, 0.05) is 19.3 Å². The van der Waals surface area contributed by atoms with Gasteiger partial charge in [0.1, 0.15) is 18.5 Å². The van der Waals surface area contributed by atoms with E-state index >= 15 is 0 Å². The second-order valence-electron chi connectivity index (χ2n) is 4.44. The zero-order chi connectivity index (χ0) is 14.8. The molecule has 3 aromatic rings. The molecule has 3 aromatic heterocycles. The van der Waals surface area contributed by atoms with Crippen LogP contribution in [0.25, 0.3) is 11.2 Å². The van der Waals surface area contributed by atoms with Gasteiger partial charge in [0.05, 0.1) is 13.7 Å². The number of hydrogen-bond donors (Lipinski definition) is 0. The lowest BCUT2D eigenvalue weighted by Gasteiger charge is -2.05. The normalized spacial score (nSPS) is 11.2. The molecule has 3 rings (SSSR count). The molecule has 0 atom stereocenters. The van der Waals surface area contributed by atoms with Gasteiger partial charge >= 0.3 is 0 Å². The van der Waals surface area contributed by atoms with Crippen molar-refractivity contribution in [2.75, 3.05) is 13.0 Å². The molecule has 9 heteroatoms. The van der Waals surface area contributed by atoms with Gasteiger partial charge in [-0.25, -0.2) is 15.0 Å². The third-order valence-corrected chi connectivity index (χ3v) is 3.22. The summed E-state index contributed by atoms with van der Waals surface area (Å²) in [4.78, 5) is 17.2. The van der Waals surface area contributed by atoms with E-state index in [-0.39, 0.29) is 0 Å². The van der Waals surface area contributed by atoms with Gasteiger partial charge in [-0.3, -0.25) is 4.68 Å². The van der Waals surface area contributed by atoms with Crippen molar-refractivity contribution in [2.45, 2.75) is 13.0 Å². The third-order valence-electron chi connectivity index (χ3n) is 3.04. The number of alkyl halides is 1. The lowest BCUT2D eigenvalue weighted by Crippen LogP contribution is -2.08. The van der Waals surface area contributed by atoms with Gasteiger partial charge in [-0.05, 0) is 0 Å². The first-order valence-electron chi connectivity index (χ1n) is 6.37. The Morgan fingerprint density at radius 2 is 2.14 bits per heavy atom. The fourth-order valence-electron chi connectivity index (χ4n) is 2.15.